The molecular formula is C15H14Cl2FNO. The molecule has 2 atom stereocenters. The molecule has 2 aromatic carbocycles. The molecule has 0 spiro atoms. The van der Waals surface area contributed by atoms with Gasteiger partial charge in [-0.15, -0.1) is 0 Å². The highest BCUT2D eigenvalue weighted by molar-refractivity contribution is 6.36. The van der Waals surface area contributed by atoms with Crippen LogP contribution in [0.3, 0.4) is 0 Å². The van der Waals surface area contributed by atoms with E-state index >= 15 is 0 Å². The third-order valence-electron chi connectivity index (χ3n) is 3.23. The van der Waals surface area contributed by atoms with Crippen LogP contribution in [0.2, 0.25) is 10.0 Å². The molecule has 3 N–H and O–H groups in total. The Kier molecular flexibility index (Phi) is 5.00. The molecule has 0 aliphatic rings. The molecule has 0 fully saturated rings. The average Bonchev–Trinajstić information content (AvgIpc) is 2.43. The van der Waals surface area contributed by atoms with E-state index in [1.165, 1.54) is 12.1 Å². The Hall–Kier alpha value is -1.13. The molecule has 2 rings (SSSR count). The molecule has 2 unspecified atom stereocenters. The van der Waals surface area contributed by atoms with E-state index in [2.05, 4.69) is 0 Å². The van der Waals surface area contributed by atoms with Gasteiger partial charge < -0.3 is 10.8 Å². The van der Waals surface area contributed by atoms with Gasteiger partial charge in [0.1, 0.15) is 5.82 Å². The fourth-order valence-corrected chi connectivity index (χ4v) is 2.88. The van der Waals surface area contributed by atoms with E-state index in [-0.39, 0.29) is 12.1 Å². The monoisotopic (exact) mass is 313 g/mol. The van der Waals surface area contributed by atoms with Gasteiger partial charge in [-0.2, -0.15) is 0 Å². The minimum Gasteiger partial charge on any atom is -0.388 e. The Morgan fingerprint density at radius 2 is 1.65 bits per heavy atom. The molecule has 20 heavy (non-hydrogen) atoms. The number of aliphatic hydroxyl groups excluding tert-OH is 1. The summed E-state index contributed by atoms with van der Waals surface area (Å²) in [6, 6.07) is 11.1. The zero-order valence-electron chi connectivity index (χ0n) is 10.6. The lowest BCUT2D eigenvalue weighted by Gasteiger charge is -2.24. The molecule has 5 heteroatoms. The number of hydrogen-bond donors (Lipinski definition) is 2. The molecule has 0 aliphatic carbocycles. The van der Waals surface area contributed by atoms with Crippen molar-refractivity contribution in [3.63, 3.8) is 0 Å². The summed E-state index contributed by atoms with van der Waals surface area (Å²) in [5, 5.41) is 11.2. The Morgan fingerprint density at radius 1 is 1.05 bits per heavy atom. The van der Waals surface area contributed by atoms with Crippen molar-refractivity contribution in [2.75, 3.05) is 6.54 Å². The molecule has 0 saturated carbocycles. The van der Waals surface area contributed by atoms with Gasteiger partial charge in [0.2, 0.25) is 0 Å². The highest BCUT2D eigenvalue weighted by Gasteiger charge is 2.27. The standard InChI is InChI=1S/C15H14Cl2FNO/c16-11-5-3-6-12(17)14(11)10(8-19)15(20)9-4-1-2-7-13(9)18/h1-7,10,15,20H,8,19H2. The molecule has 2 nitrogen and oxygen atoms in total. The van der Waals surface area contributed by atoms with Gasteiger partial charge in [-0.25, -0.2) is 4.39 Å². The van der Waals surface area contributed by atoms with E-state index < -0.39 is 17.8 Å². The average molecular weight is 314 g/mol. The van der Waals surface area contributed by atoms with Crippen molar-refractivity contribution < 1.29 is 9.50 Å². The van der Waals surface area contributed by atoms with Crippen LogP contribution in [0.25, 0.3) is 0 Å². The van der Waals surface area contributed by atoms with Crippen molar-refractivity contribution in [3.05, 3.63) is 69.5 Å². The van der Waals surface area contributed by atoms with Gasteiger partial charge in [0.25, 0.3) is 0 Å². The topological polar surface area (TPSA) is 46.2 Å². The summed E-state index contributed by atoms with van der Waals surface area (Å²) in [4.78, 5) is 0. The van der Waals surface area contributed by atoms with Gasteiger partial charge in [0, 0.05) is 28.1 Å². The van der Waals surface area contributed by atoms with Crippen molar-refractivity contribution in [3.8, 4) is 0 Å². The van der Waals surface area contributed by atoms with Crippen LogP contribution in [0.1, 0.15) is 23.1 Å². The minimum absolute atomic E-state index is 0.0962. The fraction of sp³-hybridized carbons (Fsp3) is 0.200. The number of aliphatic hydroxyl groups is 1. The Balaban J connectivity index is 2.45. The van der Waals surface area contributed by atoms with Crippen LogP contribution < -0.4 is 5.73 Å². The van der Waals surface area contributed by atoms with Crippen LogP contribution in [-0.2, 0) is 0 Å². The first-order valence-corrected chi connectivity index (χ1v) is 6.88. The van der Waals surface area contributed by atoms with E-state index in [0.717, 1.165) is 0 Å². The zero-order chi connectivity index (χ0) is 14.7. The van der Waals surface area contributed by atoms with Gasteiger partial charge in [-0.1, -0.05) is 47.5 Å². The fourth-order valence-electron chi connectivity index (χ4n) is 2.20. The molecule has 0 amide bonds. The molecular weight excluding hydrogens is 300 g/mol. The first-order valence-electron chi connectivity index (χ1n) is 6.12. The van der Waals surface area contributed by atoms with Crippen LogP contribution in [0.5, 0.6) is 0 Å². The van der Waals surface area contributed by atoms with Gasteiger partial charge in [-0.3, -0.25) is 0 Å². The normalized spacial score (nSPS) is 14.1. The summed E-state index contributed by atoms with van der Waals surface area (Å²) in [5.74, 6) is -1.06. The van der Waals surface area contributed by atoms with Crippen LogP contribution in [0, 0.1) is 5.82 Å². The first-order chi connectivity index (χ1) is 9.56. The van der Waals surface area contributed by atoms with Gasteiger partial charge >= 0.3 is 0 Å². The molecule has 2 aromatic rings. The number of hydrogen-bond acceptors (Lipinski definition) is 2. The summed E-state index contributed by atoms with van der Waals surface area (Å²) >= 11 is 12.3. The maximum absolute atomic E-state index is 13.8. The molecule has 106 valence electrons. The summed E-state index contributed by atoms with van der Waals surface area (Å²) < 4.78 is 13.8. The summed E-state index contributed by atoms with van der Waals surface area (Å²) in [5.41, 5.74) is 6.45. The number of nitrogens with two attached hydrogens (primary N) is 1. The maximum atomic E-state index is 13.8. The molecule has 0 aromatic heterocycles. The van der Waals surface area contributed by atoms with E-state index in [0.29, 0.717) is 15.6 Å². The molecule has 0 saturated heterocycles. The number of benzene rings is 2. The number of halogens is 3. The van der Waals surface area contributed by atoms with E-state index in [1.807, 2.05) is 0 Å². The molecule has 0 bridgehead atoms. The van der Waals surface area contributed by atoms with Crippen molar-refractivity contribution >= 4 is 23.2 Å². The van der Waals surface area contributed by atoms with Crippen LogP contribution >= 0.6 is 23.2 Å². The second-order valence-electron chi connectivity index (χ2n) is 4.44. The van der Waals surface area contributed by atoms with E-state index in [9.17, 15) is 9.50 Å². The third-order valence-corrected chi connectivity index (χ3v) is 3.89. The second-order valence-corrected chi connectivity index (χ2v) is 5.26. The highest BCUT2D eigenvalue weighted by Crippen LogP contribution is 2.38. The smallest absolute Gasteiger partial charge is 0.129 e. The molecule has 0 aliphatic heterocycles. The third kappa shape index (κ3) is 2.96. The molecule has 0 heterocycles. The second kappa shape index (κ2) is 6.55. The lowest BCUT2D eigenvalue weighted by molar-refractivity contribution is 0.143. The minimum atomic E-state index is -1.11. The van der Waals surface area contributed by atoms with Crippen molar-refractivity contribution in [2.45, 2.75) is 12.0 Å². The lowest BCUT2D eigenvalue weighted by atomic mass is 9.89. The Morgan fingerprint density at radius 3 is 2.20 bits per heavy atom. The zero-order valence-corrected chi connectivity index (χ0v) is 12.1. The summed E-state index contributed by atoms with van der Waals surface area (Å²) in [7, 11) is 0. The lowest BCUT2D eigenvalue weighted by Crippen LogP contribution is -2.21. The van der Waals surface area contributed by atoms with Crippen molar-refractivity contribution in [1.29, 1.82) is 0 Å². The predicted molar refractivity (Wildman–Crippen MR) is 79.6 cm³/mol. The largest absolute Gasteiger partial charge is 0.388 e. The summed E-state index contributed by atoms with van der Waals surface area (Å²) in [6.07, 6.45) is -1.11. The highest BCUT2D eigenvalue weighted by atomic mass is 35.5. The SMILES string of the molecule is NCC(c1c(Cl)cccc1Cl)C(O)c1ccccc1F. The Bertz CT molecular complexity index is 586. The quantitative estimate of drug-likeness (QED) is 0.899. The summed E-state index contributed by atoms with van der Waals surface area (Å²) in [6.45, 7) is 0.0962. The maximum Gasteiger partial charge on any atom is 0.129 e. The Labute approximate surface area is 126 Å². The first kappa shape index (κ1) is 15.3. The van der Waals surface area contributed by atoms with Gasteiger partial charge in [0.15, 0.2) is 0 Å². The molecule has 0 radical (unpaired) electrons. The predicted octanol–water partition coefficient (Wildman–Crippen LogP) is 3.91. The van der Waals surface area contributed by atoms with E-state index in [4.69, 9.17) is 28.9 Å². The number of rotatable bonds is 4. The van der Waals surface area contributed by atoms with Crippen LogP contribution in [0.15, 0.2) is 42.5 Å². The van der Waals surface area contributed by atoms with Crippen molar-refractivity contribution in [2.24, 2.45) is 5.73 Å². The van der Waals surface area contributed by atoms with Crippen LogP contribution in [-0.4, -0.2) is 11.7 Å². The van der Waals surface area contributed by atoms with Crippen LogP contribution in [0.4, 0.5) is 4.39 Å². The van der Waals surface area contributed by atoms with Gasteiger partial charge in [0.05, 0.1) is 6.10 Å². The van der Waals surface area contributed by atoms with E-state index in [1.54, 1.807) is 30.3 Å². The van der Waals surface area contributed by atoms with Gasteiger partial charge in [-0.05, 0) is 23.8 Å². The van der Waals surface area contributed by atoms with Crippen molar-refractivity contribution in [1.82, 2.24) is 0 Å².